The molecule has 1 N–H and O–H groups in total. The molecule has 5 nitrogen and oxygen atoms in total. The Morgan fingerprint density at radius 1 is 1.28 bits per heavy atom. The van der Waals surface area contributed by atoms with Crippen molar-refractivity contribution in [2.24, 2.45) is 10.2 Å². The summed E-state index contributed by atoms with van der Waals surface area (Å²) in [6.45, 7) is 0. The van der Waals surface area contributed by atoms with Crippen molar-refractivity contribution in [2.45, 2.75) is 10.6 Å². The molecule has 0 aromatic heterocycles. The van der Waals surface area contributed by atoms with Crippen LogP contribution in [0.25, 0.3) is 0 Å². The van der Waals surface area contributed by atoms with E-state index in [-0.39, 0.29) is 5.91 Å². The van der Waals surface area contributed by atoms with Crippen LogP contribution in [0.15, 0.2) is 63.6 Å². The van der Waals surface area contributed by atoms with Gasteiger partial charge in [0, 0.05) is 16.2 Å². The van der Waals surface area contributed by atoms with Crippen LogP contribution in [0, 0.1) is 0 Å². The number of nitrogens with zero attached hydrogens (tertiary/aromatic N) is 2. The summed E-state index contributed by atoms with van der Waals surface area (Å²) in [5.41, 5.74) is 2.02. The molecule has 1 aliphatic rings. The molecule has 1 aliphatic heterocycles. The molecule has 2 aromatic rings. The van der Waals surface area contributed by atoms with Crippen LogP contribution >= 0.6 is 23.5 Å². The van der Waals surface area contributed by atoms with E-state index in [1.807, 2.05) is 36.4 Å². The summed E-state index contributed by atoms with van der Waals surface area (Å²) in [5, 5.41) is 11.2. The van der Waals surface area contributed by atoms with Gasteiger partial charge in [-0.25, -0.2) is 0 Å². The van der Waals surface area contributed by atoms with E-state index < -0.39 is 0 Å². The zero-order valence-electron chi connectivity index (χ0n) is 13.6. The highest BCUT2D eigenvalue weighted by atomic mass is 32.2. The standard InChI is InChI=1S/C18H17N3O2S2/c1-23-16-9-13(10-19-21-18-20-17(22)12-25-18)7-8-14(16)11-24-15-5-3-2-4-6-15/h2-10H,11-12H2,1H3,(H,20,21,22). The minimum absolute atomic E-state index is 0.0408. The number of carbonyl (C=O) groups is 1. The molecule has 0 bridgehead atoms. The third-order valence-electron chi connectivity index (χ3n) is 3.39. The quantitative estimate of drug-likeness (QED) is 0.479. The summed E-state index contributed by atoms with van der Waals surface area (Å²) < 4.78 is 5.50. The van der Waals surface area contributed by atoms with Crippen LogP contribution in [-0.2, 0) is 10.5 Å². The second-order valence-corrected chi connectivity index (χ2v) is 7.17. The van der Waals surface area contributed by atoms with Crippen molar-refractivity contribution in [2.75, 3.05) is 12.9 Å². The number of thioether (sulfide) groups is 2. The molecule has 25 heavy (non-hydrogen) atoms. The summed E-state index contributed by atoms with van der Waals surface area (Å²) in [7, 11) is 1.66. The topological polar surface area (TPSA) is 63.1 Å². The van der Waals surface area contributed by atoms with Gasteiger partial charge in [0.2, 0.25) is 5.91 Å². The van der Waals surface area contributed by atoms with E-state index >= 15 is 0 Å². The maximum Gasteiger partial charge on any atom is 0.236 e. The first kappa shape index (κ1) is 17.6. The molecule has 2 aromatic carbocycles. The van der Waals surface area contributed by atoms with E-state index in [4.69, 9.17) is 4.74 Å². The number of amidine groups is 1. The predicted octanol–water partition coefficient (Wildman–Crippen LogP) is 3.54. The second kappa shape index (κ2) is 8.73. The van der Waals surface area contributed by atoms with Crippen LogP contribution in [0.2, 0.25) is 0 Å². The van der Waals surface area contributed by atoms with Gasteiger partial charge in [0.15, 0.2) is 5.17 Å². The van der Waals surface area contributed by atoms with E-state index in [0.29, 0.717) is 10.9 Å². The largest absolute Gasteiger partial charge is 0.496 e. The number of nitrogens with one attached hydrogen (secondary N) is 1. The molecule has 128 valence electrons. The molecule has 0 atom stereocenters. The molecule has 1 saturated heterocycles. The molecule has 1 heterocycles. The van der Waals surface area contributed by atoms with Crippen molar-refractivity contribution in [3.05, 3.63) is 59.7 Å². The molecule has 0 aliphatic carbocycles. The van der Waals surface area contributed by atoms with Crippen LogP contribution < -0.4 is 10.1 Å². The first-order chi connectivity index (χ1) is 12.2. The number of methoxy groups -OCH3 is 1. The van der Waals surface area contributed by atoms with Gasteiger partial charge in [-0.3, -0.25) is 4.79 Å². The predicted molar refractivity (Wildman–Crippen MR) is 105 cm³/mol. The molecule has 0 unspecified atom stereocenters. The van der Waals surface area contributed by atoms with Gasteiger partial charge in [-0.1, -0.05) is 42.1 Å². The average Bonchev–Trinajstić information content (AvgIpc) is 3.06. The number of ether oxygens (including phenoxy) is 1. The first-order valence-electron chi connectivity index (χ1n) is 7.63. The highest BCUT2D eigenvalue weighted by molar-refractivity contribution is 8.15. The van der Waals surface area contributed by atoms with E-state index in [9.17, 15) is 4.79 Å². The van der Waals surface area contributed by atoms with Gasteiger partial charge < -0.3 is 10.1 Å². The Balaban J connectivity index is 1.65. The monoisotopic (exact) mass is 371 g/mol. The Morgan fingerprint density at radius 3 is 2.84 bits per heavy atom. The molecule has 1 fully saturated rings. The number of carbonyl (C=O) groups excluding carboxylic acids is 1. The third-order valence-corrected chi connectivity index (χ3v) is 5.31. The van der Waals surface area contributed by atoms with Crippen molar-refractivity contribution in [3.63, 3.8) is 0 Å². The van der Waals surface area contributed by atoms with Crippen molar-refractivity contribution >= 4 is 40.8 Å². The molecule has 0 saturated carbocycles. The fourth-order valence-electron chi connectivity index (χ4n) is 2.17. The normalized spacial score (nSPS) is 15.7. The molecular formula is C18H17N3O2S2. The van der Waals surface area contributed by atoms with Crippen molar-refractivity contribution in [3.8, 4) is 5.75 Å². The Labute approximate surface area is 155 Å². The van der Waals surface area contributed by atoms with Gasteiger partial charge in [-0.05, 0) is 23.8 Å². The van der Waals surface area contributed by atoms with Crippen molar-refractivity contribution < 1.29 is 9.53 Å². The SMILES string of the molecule is COc1cc(C=NN=C2NC(=O)CS2)ccc1CSc1ccccc1. The summed E-state index contributed by atoms with van der Waals surface area (Å²) in [6.07, 6.45) is 1.65. The van der Waals surface area contributed by atoms with Gasteiger partial charge in [0.05, 0.1) is 19.1 Å². The Morgan fingerprint density at radius 2 is 2.12 bits per heavy atom. The maximum atomic E-state index is 11.1. The van der Waals surface area contributed by atoms with E-state index in [1.54, 1.807) is 25.1 Å². The summed E-state index contributed by atoms with van der Waals surface area (Å²) >= 11 is 3.11. The van der Waals surface area contributed by atoms with Crippen molar-refractivity contribution in [1.82, 2.24) is 5.32 Å². The lowest BCUT2D eigenvalue weighted by atomic mass is 10.1. The third kappa shape index (κ3) is 5.11. The lowest BCUT2D eigenvalue weighted by molar-refractivity contribution is -0.116. The van der Waals surface area contributed by atoms with Gasteiger partial charge in [-0.15, -0.1) is 16.9 Å². The summed E-state index contributed by atoms with van der Waals surface area (Å²) in [6, 6.07) is 16.2. The number of benzene rings is 2. The lowest BCUT2D eigenvalue weighted by Crippen LogP contribution is -2.19. The van der Waals surface area contributed by atoms with E-state index in [2.05, 4.69) is 27.7 Å². The van der Waals surface area contributed by atoms with Crippen LogP contribution in [0.4, 0.5) is 0 Å². The van der Waals surface area contributed by atoms with Crippen LogP contribution in [0.3, 0.4) is 0 Å². The van der Waals surface area contributed by atoms with E-state index in [1.165, 1.54) is 16.7 Å². The maximum absolute atomic E-state index is 11.1. The summed E-state index contributed by atoms with van der Waals surface area (Å²) in [5.74, 6) is 2.01. The molecular weight excluding hydrogens is 354 g/mol. The average molecular weight is 371 g/mol. The fraction of sp³-hybridized carbons (Fsp3) is 0.167. The lowest BCUT2D eigenvalue weighted by Gasteiger charge is -2.09. The minimum atomic E-state index is -0.0408. The summed E-state index contributed by atoms with van der Waals surface area (Å²) in [4.78, 5) is 12.3. The van der Waals surface area contributed by atoms with Gasteiger partial charge in [0.1, 0.15) is 5.75 Å². The number of hydrogen-bond donors (Lipinski definition) is 1. The zero-order chi connectivity index (χ0) is 17.5. The molecule has 1 amide bonds. The Hall–Kier alpha value is -2.25. The smallest absolute Gasteiger partial charge is 0.236 e. The second-order valence-electron chi connectivity index (χ2n) is 5.16. The molecule has 0 spiro atoms. The van der Waals surface area contributed by atoms with Crippen LogP contribution in [0.5, 0.6) is 5.75 Å². The highest BCUT2D eigenvalue weighted by Crippen LogP contribution is 2.28. The molecule has 3 rings (SSSR count). The van der Waals surface area contributed by atoms with Crippen LogP contribution in [-0.4, -0.2) is 30.2 Å². The highest BCUT2D eigenvalue weighted by Gasteiger charge is 2.15. The van der Waals surface area contributed by atoms with Crippen LogP contribution in [0.1, 0.15) is 11.1 Å². The number of amides is 1. The first-order valence-corrected chi connectivity index (χ1v) is 9.60. The number of rotatable bonds is 6. The molecule has 0 radical (unpaired) electrons. The van der Waals surface area contributed by atoms with Gasteiger partial charge >= 0.3 is 0 Å². The van der Waals surface area contributed by atoms with Crippen molar-refractivity contribution in [1.29, 1.82) is 0 Å². The number of hydrogen-bond acceptors (Lipinski definition) is 6. The Kier molecular flexibility index (Phi) is 6.14. The Bertz CT molecular complexity index is 807. The zero-order valence-corrected chi connectivity index (χ0v) is 15.3. The molecule has 7 heteroatoms. The fourth-order valence-corrected chi connectivity index (χ4v) is 3.71. The van der Waals surface area contributed by atoms with Gasteiger partial charge in [-0.2, -0.15) is 5.10 Å². The minimum Gasteiger partial charge on any atom is -0.496 e. The van der Waals surface area contributed by atoms with E-state index in [0.717, 1.165) is 22.6 Å². The van der Waals surface area contributed by atoms with Gasteiger partial charge in [0.25, 0.3) is 0 Å².